The molecule has 2 heterocycles. The van der Waals surface area contributed by atoms with Crippen LogP contribution in [0, 0.1) is 5.92 Å². The average molecular weight is 338 g/mol. The fraction of sp³-hybridized carbons (Fsp3) is 0.947. The lowest BCUT2D eigenvalue weighted by Gasteiger charge is -2.37. The molecule has 0 radical (unpaired) electrons. The topological polar surface area (TPSA) is 36.0 Å². The van der Waals surface area contributed by atoms with Crippen molar-refractivity contribution in [1.29, 1.82) is 0 Å². The second kappa shape index (κ2) is 8.52. The predicted octanol–water partition coefficient (Wildman–Crippen LogP) is 2.80. The molecule has 0 aromatic carbocycles. The molecule has 1 saturated carbocycles. The SMILES string of the molecule is CCN1CCN(C2CCN(CCO[C@@H]3CCCC[C@@H]3C)CC2)C1=O. The van der Waals surface area contributed by atoms with Gasteiger partial charge in [-0.15, -0.1) is 0 Å². The van der Waals surface area contributed by atoms with Gasteiger partial charge in [-0.1, -0.05) is 19.8 Å². The molecule has 3 fully saturated rings. The van der Waals surface area contributed by atoms with E-state index in [0.717, 1.165) is 64.6 Å². The Bertz CT molecular complexity index is 409. The average Bonchev–Trinajstić information content (AvgIpc) is 2.98. The molecule has 0 spiro atoms. The van der Waals surface area contributed by atoms with Crippen molar-refractivity contribution < 1.29 is 9.53 Å². The molecule has 1 aliphatic carbocycles. The van der Waals surface area contributed by atoms with E-state index in [1.165, 1.54) is 25.7 Å². The van der Waals surface area contributed by atoms with E-state index >= 15 is 0 Å². The summed E-state index contributed by atoms with van der Waals surface area (Å²) >= 11 is 0. The smallest absolute Gasteiger partial charge is 0.320 e. The van der Waals surface area contributed by atoms with Gasteiger partial charge in [-0.05, 0) is 38.5 Å². The number of piperidine rings is 1. The molecule has 2 amide bonds. The third-order valence-corrected chi connectivity index (χ3v) is 6.28. The fourth-order valence-corrected chi connectivity index (χ4v) is 4.55. The zero-order valence-corrected chi connectivity index (χ0v) is 15.6. The lowest BCUT2D eigenvalue weighted by Crippen LogP contribution is -2.47. The van der Waals surface area contributed by atoms with Crippen LogP contribution in [-0.4, -0.2) is 78.8 Å². The first kappa shape index (κ1) is 18.0. The summed E-state index contributed by atoms with van der Waals surface area (Å²) in [7, 11) is 0. The molecule has 2 saturated heterocycles. The Labute approximate surface area is 147 Å². The van der Waals surface area contributed by atoms with E-state index in [1.54, 1.807) is 0 Å². The number of nitrogens with zero attached hydrogens (tertiary/aromatic N) is 3. The lowest BCUT2D eigenvalue weighted by atomic mass is 9.88. The molecular weight excluding hydrogens is 302 g/mol. The first-order valence-corrected chi connectivity index (χ1v) is 10.1. The van der Waals surface area contributed by atoms with Gasteiger partial charge in [0.15, 0.2) is 0 Å². The summed E-state index contributed by atoms with van der Waals surface area (Å²) in [6.45, 7) is 11.2. The highest BCUT2D eigenvalue weighted by Gasteiger charge is 2.34. The summed E-state index contributed by atoms with van der Waals surface area (Å²) in [5.74, 6) is 0.729. The van der Waals surface area contributed by atoms with E-state index in [0.29, 0.717) is 12.1 Å². The third kappa shape index (κ3) is 4.23. The fourth-order valence-electron chi connectivity index (χ4n) is 4.55. The number of likely N-dealkylation sites (tertiary alicyclic amines) is 1. The number of ether oxygens (including phenoxy) is 1. The van der Waals surface area contributed by atoms with Crippen LogP contribution in [0.3, 0.4) is 0 Å². The zero-order chi connectivity index (χ0) is 16.9. The number of carbonyl (C=O) groups excluding carboxylic acids is 1. The highest BCUT2D eigenvalue weighted by molar-refractivity contribution is 5.76. The van der Waals surface area contributed by atoms with Gasteiger partial charge in [0.1, 0.15) is 0 Å². The van der Waals surface area contributed by atoms with Crippen molar-refractivity contribution in [3.8, 4) is 0 Å². The standard InChI is InChI=1S/C19H35N3O2/c1-3-21-12-13-22(19(21)23)17-8-10-20(11-9-17)14-15-24-18-7-5-4-6-16(18)2/h16-18H,3-15H2,1-2H3/t16-,18+/m0/s1. The van der Waals surface area contributed by atoms with Crippen molar-refractivity contribution in [3.05, 3.63) is 0 Å². The van der Waals surface area contributed by atoms with Crippen molar-refractivity contribution in [2.45, 2.75) is 64.5 Å². The first-order valence-electron chi connectivity index (χ1n) is 10.1. The number of amides is 2. The molecule has 2 atom stereocenters. The Balaban J connectivity index is 1.34. The number of hydrogen-bond donors (Lipinski definition) is 0. The molecule has 0 aromatic rings. The quantitative estimate of drug-likeness (QED) is 0.748. The van der Waals surface area contributed by atoms with E-state index < -0.39 is 0 Å². The minimum atomic E-state index is 0.255. The molecule has 3 aliphatic rings. The third-order valence-electron chi connectivity index (χ3n) is 6.28. The molecular formula is C19H35N3O2. The summed E-state index contributed by atoms with van der Waals surface area (Å²) in [5.41, 5.74) is 0. The van der Waals surface area contributed by atoms with Crippen LogP contribution in [0.15, 0.2) is 0 Å². The lowest BCUT2D eigenvalue weighted by molar-refractivity contribution is -0.0170. The minimum absolute atomic E-state index is 0.255. The van der Waals surface area contributed by atoms with E-state index in [4.69, 9.17) is 4.74 Å². The Morgan fingerprint density at radius 1 is 1.04 bits per heavy atom. The van der Waals surface area contributed by atoms with Crippen molar-refractivity contribution >= 4 is 6.03 Å². The van der Waals surface area contributed by atoms with E-state index in [2.05, 4.69) is 23.6 Å². The molecule has 0 N–H and O–H groups in total. The monoisotopic (exact) mass is 337 g/mol. The Morgan fingerprint density at radius 3 is 2.46 bits per heavy atom. The molecule has 2 aliphatic heterocycles. The van der Waals surface area contributed by atoms with Crippen LogP contribution in [0.5, 0.6) is 0 Å². The molecule has 0 bridgehead atoms. The molecule has 24 heavy (non-hydrogen) atoms. The van der Waals surface area contributed by atoms with Crippen LogP contribution in [-0.2, 0) is 4.74 Å². The summed E-state index contributed by atoms with van der Waals surface area (Å²) in [4.78, 5) is 18.9. The molecule has 5 nitrogen and oxygen atoms in total. The first-order chi connectivity index (χ1) is 11.7. The highest BCUT2D eigenvalue weighted by Crippen LogP contribution is 2.26. The largest absolute Gasteiger partial charge is 0.377 e. The second-order valence-corrected chi connectivity index (χ2v) is 7.80. The van der Waals surface area contributed by atoms with Gasteiger partial charge in [-0.3, -0.25) is 0 Å². The highest BCUT2D eigenvalue weighted by atomic mass is 16.5. The maximum Gasteiger partial charge on any atom is 0.320 e. The molecule has 3 rings (SSSR count). The predicted molar refractivity (Wildman–Crippen MR) is 96.2 cm³/mol. The van der Waals surface area contributed by atoms with Gasteiger partial charge in [0.25, 0.3) is 0 Å². The Kier molecular flexibility index (Phi) is 6.39. The molecule has 5 heteroatoms. The molecule has 138 valence electrons. The summed E-state index contributed by atoms with van der Waals surface area (Å²) in [5, 5.41) is 0. The van der Waals surface area contributed by atoms with Gasteiger partial charge in [0.2, 0.25) is 0 Å². The normalized spacial score (nSPS) is 30.3. The van der Waals surface area contributed by atoms with Gasteiger partial charge in [0.05, 0.1) is 12.7 Å². The summed E-state index contributed by atoms with van der Waals surface area (Å²) in [6, 6.07) is 0.704. The van der Waals surface area contributed by atoms with Crippen LogP contribution in [0.25, 0.3) is 0 Å². The summed E-state index contributed by atoms with van der Waals surface area (Å²) < 4.78 is 6.16. The van der Waals surface area contributed by atoms with Crippen molar-refractivity contribution in [1.82, 2.24) is 14.7 Å². The van der Waals surface area contributed by atoms with E-state index in [9.17, 15) is 4.79 Å². The van der Waals surface area contributed by atoms with Gasteiger partial charge in [0, 0.05) is 45.3 Å². The summed E-state index contributed by atoms with van der Waals surface area (Å²) in [6.07, 6.45) is 7.99. The van der Waals surface area contributed by atoms with Crippen LogP contribution in [0.2, 0.25) is 0 Å². The Hall–Kier alpha value is -0.810. The van der Waals surface area contributed by atoms with E-state index in [-0.39, 0.29) is 6.03 Å². The molecule has 0 unspecified atom stereocenters. The van der Waals surface area contributed by atoms with Crippen LogP contribution >= 0.6 is 0 Å². The van der Waals surface area contributed by atoms with Gasteiger partial charge >= 0.3 is 6.03 Å². The number of likely N-dealkylation sites (N-methyl/N-ethyl adjacent to an activating group) is 1. The number of urea groups is 1. The van der Waals surface area contributed by atoms with Crippen LogP contribution < -0.4 is 0 Å². The van der Waals surface area contributed by atoms with Crippen LogP contribution in [0.4, 0.5) is 4.79 Å². The number of hydrogen-bond acceptors (Lipinski definition) is 3. The second-order valence-electron chi connectivity index (χ2n) is 7.80. The van der Waals surface area contributed by atoms with Gasteiger partial charge in [-0.25, -0.2) is 4.79 Å². The minimum Gasteiger partial charge on any atom is -0.377 e. The maximum absolute atomic E-state index is 12.3. The number of rotatable bonds is 6. The number of carbonyl (C=O) groups is 1. The van der Waals surface area contributed by atoms with E-state index in [1.807, 2.05) is 4.90 Å². The Morgan fingerprint density at radius 2 is 1.79 bits per heavy atom. The maximum atomic E-state index is 12.3. The van der Waals surface area contributed by atoms with Gasteiger partial charge < -0.3 is 19.4 Å². The van der Waals surface area contributed by atoms with Crippen LogP contribution in [0.1, 0.15) is 52.4 Å². The molecule has 0 aromatic heterocycles. The van der Waals surface area contributed by atoms with Crippen molar-refractivity contribution in [3.63, 3.8) is 0 Å². The van der Waals surface area contributed by atoms with Gasteiger partial charge in [-0.2, -0.15) is 0 Å². The van der Waals surface area contributed by atoms with Crippen molar-refractivity contribution in [2.75, 3.05) is 45.9 Å². The van der Waals surface area contributed by atoms with Crippen molar-refractivity contribution in [2.24, 2.45) is 5.92 Å². The zero-order valence-electron chi connectivity index (χ0n) is 15.6.